The molecule has 0 aliphatic carbocycles. The summed E-state index contributed by atoms with van der Waals surface area (Å²) >= 11 is 6.22. The molecule has 2 aromatic carbocycles. The lowest BCUT2D eigenvalue weighted by molar-refractivity contribution is -0.134. The highest BCUT2D eigenvalue weighted by molar-refractivity contribution is 6.29. The molecule has 0 bridgehead atoms. The van der Waals surface area contributed by atoms with Crippen molar-refractivity contribution >= 4 is 35.5 Å². The number of methoxy groups -OCH3 is 1. The lowest BCUT2D eigenvalue weighted by atomic mass is 10.0. The van der Waals surface area contributed by atoms with Crippen molar-refractivity contribution in [1.82, 2.24) is 25.1 Å². The first-order chi connectivity index (χ1) is 19.8. The number of piperazine rings is 1. The maximum Gasteiger partial charge on any atom is 0.409 e. The van der Waals surface area contributed by atoms with Crippen molar-refractivity contribution in [2.75, 3.05) is 39.9 Å². The molecule has 41 heavy (non-hydrogen) atoms. The van der Waals surface area contributed by atoms with Crippen LogP contribution in [0.1, 0.15) is 33.3 Å². The summed E-state index contributed by atoms with van der Waals surface area (Å²) in [6, 6.07) is 16.1. The number of ether oxygens (including phenoxy) is 2. The van der Waals surface area contributed by atoms with Crippen molar-refractivity contribution < 1.29 is 28.7 Å². The number of carbonyl (C=O) groups excluding carboxylic acids is 4. The van der Waals surface area contributed by atoms with Crippen LogP contribution in [0.5, 0.6) is 0 Å². The molecule has 1 atom stereocenters. The first-order valence-electron chi connectivity index (χ1n) is 13.1. The average Bonchev–Trinajstić information content (AvgIpc) is 3.00. The van der Waals surface area contributed by atoms with Crippen molar-refractivity contribution in [3.05, 3.63) is 82.6 Å². The second-order valence-electron chi connectivity index (χ2n) is 9.20. The summed E-state index contributed by atoms with van der Waals surface area (Å²) in [4.78, 5) is 62.8. The van der Waals surface area contributed by atoms with Crippen LogP contribution in [0.25, 0.3) is 11.4 Å². The van der Waals surface area contributed by atoms with Gasteiger partial charge in [-0.25, -0.2) is 19.6 Å². The van der Waals surface area contributed by atoms with E-state index in [1.54, 1.807) is 53.1 Å². The molecule has 214 valence electrons. The van der Waals surface area contributed by atoms with E-state index in [0.717, 1.165) is 0 Å². The number of hydrogen-bond donors (Lipinski definition) is 1. The smallest absolute Gasteiger partial charge is 0.409 e. The number of nitrogens with zero attached hydrogens (tertiary/aromatic N) is 4. The Bertz CT molecular complexity index is 1390. The fourth-order valence-corrected chi connectivity index (χ4v) is 4.54. The quantitative estimate of drug-likeness (QED) is 0.318. The number of rotatable bonds is 8. The molecule has 1 N–H and O–H groups in total. The minimum absolute atomic E-state index is 0.00910. The molecule has 1 saturated heterocycles. The molecule has 1 unspecified atom stereocenters. The summed E-state index contributed by atoms with van der Waals surface area (Å²) in [6.07, 6.45) is -0.279. The Labute approximate surface area is 242 Å². The van der Waals surface area contributed by atoms with E-state index >= 15 is 0 Å². The van der Waals surface area contributed by atoms with Crippen LogP contribution in [0.4, 0.5) is 4.79 Å². The molecule has 1 aliphatic rings. The Kier molecular flexibility index (Phi) is 9.86. The van der Waals surface area contributed by atoms with Crippen LogP contribution in [-0.4, -0.2) is 89.6 Å². The van der Waals surface area contributed by atoms with Gasteiger partial charge in [0, 0.05) is 44.2 Å². The van der Waals surface area contributed by atoms with Crippen LogP contribution in [0.15, 0.2) is 60.7 Å². The van der Waals surface area contributed by atoms with E-state index in [9.17, 15) is 19.2 Å². The Morgan fingerprint density at radius 3 is 2.24 bits per heavy atom. The highest BCUT2D eigenvalue weighted by atomic mass is 35.5. The number of halogens is 1. The standard InChI is InChI=1S/C29H30ClN5O6/c1-3-41-29(39)35-15-13-34(14-16-35)27(37)23(17-19-9-11-21(12-10-19)28(38)40-2)32-26(36)22-18-24(30)33-25(31-22)20-7-5-4-6-8-20/h4-12,18,23H,3,13-17H2,1-2H3,(H,32,36). The number of carbonyl (C=O) groups is 4. The summed E-state index contributed by atoms with van der Waals surface area (Å²) in [5.74, 6) is -1.12. The van der Waals surface area contributed by atoms with Crippen molar-refractivity contribution in [3.63, 3.8) is 0 Å². The van der Waals surface area contributed by atoms with Crippen LogP contribution < -0.4 is 5.32 Å². The van der Waals surface area contributed by atoms with Gasteiger partial charge in [-0.15, -0.1) is 0 Å². The molecule has 4 rings (SSSR count). The first-order valence-corrected chi connectivity index (χ1v) is 13.5. The second-order valence-corrected chi connectivity index (χ2v) is 9.58. The van der Waals surface area contributed by atoms with Crippen LogP contribution in [0.3, 0.4) is 0 Å². The van der Waals surface area contributed by atoms with Crippen molar-refractivity contribution in [1.29, 1.82) is 0 Å². The number of esters is 1. The van der Waals surface area contributed by atoms with Gasteiger partial charge in [0.2, 0.25) is 5.91 Å². The fraction of sp³-hybridized carbons (Fsp3) is 0.310. The van der Waals surface area contributed by atoms with E-state index in [1.165, 1.54) is 13.2 Å². The van der Waals surface area contributed by atoms with E-state index in [-0.39, 0.29) is 48.7 Å². The van der Waals surface area contributed by atoms with Gasteiger partial charge in [-0.1, -0.05) is 54.1 Å². The fourth-order valence-electron chi connectivity index (χ4n) is 4.36. The zero-order chi connectivity index (χ0) is 29.4. The molecular formula is C29H30ClN5O6. The Hall–Kier alpha value is -4.51. The highest BCUT2D eigenvalue weighted by Gasteiger charge is 2.31. The van der Waals surface area contributed by atoms with Gasteiger partial charge >= 0.3 is 12.1 Å². The zero-order valence-corrected chi connectivity index (χ0v) is 23.5. The number of hydrogen-bond acceptors (Lipinski definition) is 8. The second kappa shape index (κ2) is 13.7. The monoisotopic (exact) mass is 579 g/mol. The van der Waals surface area contributed by atoms with Crippen molar-refractivity contribution in [2.45, 2.75) is 19.4 Å². The molecule has 1 aromatic heterocycles. The third-order valence-electron chi connectivity index (χ3n) is 6.50. The van der Waals surface area contributed by atoms with E-state index < -0.39 is 24.0 Å². The predicted molar refractivity (Wildman–Crippen MR) is 150 cm³/mol. The van der Waals surface area contributed by atoms with E-state index in [0.29, 0.717) is 29.8 Å². The Morgan fingerprint density at radius 2 is 1.61 bits per heavy atom. The number of nitrogens with one attached hydrogen (secondary N) is 1. The normalized spacial score (nSPS) is 13.7. The average molecular weight is 580 g/mol. The molecule has 2 heterocycles. The molecular weight excluding hydrogens is 550 g/mol. The van der Waals surface area contributed by atoms with Crippen molar-refractivity contribution in [3.8, 4) is 11.4 Å². The van der Waals surface area contributed by atoms with Gasteiger partial charge in [0.25, 0.3) is 5.91 Å². The van der Waals surface area contributed by atoms with Gasteiger partial charge < -0.3 is 24.6 Å². The van der Waals surface area contributed by atoms with E-state index in [4.69, 9.17) is 21.1 Å². The maximum absolute atomic E-state index is 13.7. The van der Waals surface area contributed by atoms with Gasteiger partial charge in [0.15, 0.2) is 5.82 Å². The summed E-state index contributed by atoms with van der Waals surface area (Å²) in [5.41, 5.74) is 1.77. The van der Waals surface area contributed by atoms with Gasteiger partial charge in [-0.05, 0) is 24.6 Å². The minimum Gasteiger partial charge on any atom is -0.465 e. The molecule has 0 spiro atoms. The number of aromatic nitrogens is 2. The molecule has 11 nitrogen and oxygen atoms in total. The van der Waals surface area contributed by atoms with Gasteiger partial charge in [0.05, 0.1) is 19.3 Å². The molecule has 1 fully saturated rings. The third-order valence-corrected chi connectivity index (χ3v) is 6.69. The Morgan fingerprint density at radius 1 is 0.951 bits per heavy atom. The Balaban J connectivity index is 1.55. The third kappa shape index (κ3) is 7.57. The maximum atomic E-state index is 13.7. The van der Waals surface area contributed by atoms with Crippen LogP contribution >= 0.6 is 11.6 Å². The number of benzene rings is 2. The summed E-state index contributed by atoms with van der Waals surface area (Å²) in [7, 11) is 1.30. The van der Waals surface area contributed by atoms with Gasteiger partial charge in [0.1, 0.15) is 16.9 Å². The largest absolute Gasteiger partial charge is 0.465 e. The van der Waals surface area contributed by atoms with Gasteiger partial charge in [-0.3, -0.25) is 9.59 Å². The van der Waals surface area contributed by atoms with E-state index in [1.807, 2.05) is 18.2 Å². The van der Waals surface area contributed by atoms with Gasteiger partial charge in [-0.2, -0.15) is 0 Å². The highest BCUT2D eigenvalue weighted by Crippen LogP contribution is 2.19. The molecule has 0 radical (unpaired) electrons. The van der Waals surface area contributed by atoms with Crippen LogP contribution in [0.2, 0.25) is 5.15 Å². The first kappa shape index (κ1) is 29.5. The molecule has 3 amide bonds. The minimum atomic E-state index is -0.963. The summed E-state index contributed by atoms with van der Waals surface area (Å²) < 4.78 is 9.81. The molecule has 0 saturated carbocycles. The zero-order valence-electron chi connectivity index (χ0n) is 22.7. The number of amides is 3. The summed E-state index contributed by atoms with van der Waals surface area (Å²) in [5, 5.41) is 2.90. The summed E-state index contributed by atoms with van der Waals surface area (Å²) in [6.45, 7) is 3.17. The van der Waals surface area contributed by atoms with E-state index in [2.05, 4.69) is 15.3 Å². The van der Waals surface area contributed by atoms with Crippen molar-refractivity contribution in [2.24, 2.45) is 0 Å². The lowest BCUT2D eigenvalue weighted by Crippen LogP contribution is -2.56. The SMILES string of the molecule is CCOC(=O)N1CCN(C(=O)C(Cc2ccc(C(=O)OC)cc2)NC(=O)c2cc(Cl)nc(-c3ccccc3)n2)CC1. The molecule has 3 aromatic rings. The predicted octanol–water partition coefficient (Wildman–Crippen LogP) is 3.23. The molecule has 12 heteroatoms. The molecule has 1 aliphatic heterocycles. The van der Waals surface area contributed by atoms with Crippen LogP contribution in [0, 0.1) is 0 Å². The lowest BCUT2D eigenvalue weighted by Gasteiger charge is -2.36. The van der Waals surface area contributed by atoms with Crippen LogP contribution in [-0.2, 0) is 20.7 Å². The topological polar surface area (TPSA) is 131 Å².